The Kier molecular flexibility index (Phi) is 7.04. The first kappa shape index (κ1) is 28.7. The summed E-state index contributed by atoms with van der Waals surface area (Å²) in [7, 11) is 0. The van der Waals surface area contributed by atoms with Crippen LogP contribution in [0.5, 0.6) is 0 Å². The zero-order valence-corrected chi connectivity index (χ0v) is 25.5. The van der Waals surface area contributed by atoms with E-state index >= 15 is 0 Å². The van der Waals surface area contributed by atoms with Crippen LogP contribution in [-0.4, -0.2) is 51.2 Å². The summed E-state index contributed by atoms with van der Waals surface area (Å²) < 4.78 is 10.9. The monoisotopic (exact) mass is 624 g/mol. The molecular formula is C31H34Cl2N6O4. The maximum absolute atomic E-state index is 14.6. The number of anilines is 1. The number of carbonyl (C=O) groups is 2. The van der Waals surface area contributed by atoms with Gasteiger partial charge in [0.25, 0.3) is 0 Å². The van der Waals surface area contributed by atoms with Gasteiger partial charge < -0.3 is 19.9 Å². The van der Waals surface area contributed by atoms with Gasteiger partial charge in [-0.1, -0.05) is 48.3 Å². The number of pyridine rings is 1. The topological polar surface area (TPSA) is 131 Å². The molecule has 4 aliphatic rings. The van der Waals surface area contributed by atoms with Crippen LogP contribution < -0.4 is 16.0 Å². The minimum atomic E-state index is -1.08. The van der Waals surface area contributed by atoms with Gasteiger partial charge in [0.1, 0.15) is 16.7 Å². The van der Waals surface area contributed by atoms with Crippen LogP contribution in [0, 0.1) is 5.41 Å². The van der Waals surface area contributed by atoms with E-state index in [0.717, 1.165) is 36.8 Å². The molecule has 2 saturated heterocycles. The third kappa shape index (κ3) is 4.65. The largest absolute Gasteiger partial charge is 0.368 e. The quantitative estimate of drug-likeness (QED) is 0.342. The lowest BCUT2D eigenvalue weighted by atomic mass is 9.53. The van der Waals surface area contributed by atoms with Crippen LogP contribution in [0.4, 0.5) is 5.69 Å². The zero-order valence-electron chi connectivity index (χ0n) is 24.0. The molecule has 10 nitrogen and oxygen atoms in total. The van der Waals surface area contributed by atoms with E-state index in [2.05, 4.69) is 44.9 Å². The Labute approximate surface area is 259 Å². The lowest BCUT2D eigenvalue weighted by molar-refractivity contribution is -0.126. The number of nitrogens with one attached hydrogen (secondary N) is 3. The van der Waals surface area contributed by atoms with Crippen molar-refractivity contribution in [2.45, 2.75) is 87.4 Å². The number of fused-ring (bicyclic) bond motifs is 3. The first-order valence-electron chi connectivity index (χ1n) is 14.8. The molecule has 1 saturated carbocycles. The Morgan fingerprint density at radius 1 is 1.07 bits per heavy atom. The van der Waals surface area contributed by atoms with Crippen molar-refractivity contribution in [1.82, 2.24) is 25.8 Å². The number of benzene rings is 1. The van der Waals surface area contributed by atoms with E-state index in [-0.39, 0.29) is 29.4 Å². The Morgan fingerprint density at radius 2 is 1.88 bits per heavy atom. The van der Waals surface area contributed by atoms with Gasteiger partial charge >= 0.3 is 0 Å². The third-order valence-electron chi connectivity index (χ3n) is 10.1. The van der Waals surface area contributed by atoms with Gasteiger partial charge in [-0.3, -0.25) is 14.9 Å². The summed E-state index contributed by atoms with van der Waals surface area (Å²) in [5.41, 5.74) is 0.680. The number of carbonyl (C=O) groups excluding carboxylic acids is 2. The summed E-state index contributed by atoms with van der Waals surface area (Å²) in [6.45, 7) is 4.84. The molecule has 2 spiro atoms. The van der Waals surface area contributed by atoms with Gasteiger partial charge in [0.05, 0.1) is 18.7 Å². The van der Waals surface area contributed by atoms with Gasteiger partial charge in [-0.15, -0.1) is 0 Å². The highest BCUT2D eigenvalue weighted by atomic mass is 35.5. The Hall–Kier alpha value is -3.05. The highest BCUT2D eigenvalue weighted by Gasteiger charge is 2.72. The summed E-state index contributed by atoms with van der Waals surface area (Å²) in [6, 6.07) is 8.29. The highest BCUT2D eigenvalue weighted by molar-refractivity contribution is 6.31. The number of rotatable bonds is 4. The second-order valence-corrected chi connectivity index (χ2v) is 13.9. The van der Waals surface area contributed by atoms with Crippen molar-refractivity contribution < 1.29 is 18.8 Å². The molecule has 43 heavy (non-hydrogen) atoms. The van der Waals surface area contributed by atoms with E-state index in [1.807, 2.05) is 18.2 Å². The average molecular weight is 626 g/mol. The number of aromatic nitrogens is 3. The van der Waals surface area contributed by atoms with Gasteiger partial charge in [-0.2, -0.15) is 4.98 Å². The smallest absolute Gasteiger partial charge is 0.238 e. The Morgan fingerprint density at radius 3 is 2.58 bits per heavy atom. The number of ether oxygens (including phenoxy) is 1. The molecule has 0 radical (unpaired) electrons. The third-order valence-corrected chi connectivity index (χ3v) is 10.6. The van der Waals surface area contributed by atoms with Crippen molar-refractivity contribution in [3.63, 3.8) is 0 Å². The molecule has 3 N–H and O–H groups in total. The summed E-state index contributed by atoms with van der Waals surface area (Å²) in [5.74, 6) is -0.366. The van der Waals surface area contributed by atoms with E-state index in [9.17, 15) is 9.59 Å². The Balaban J connectivity index is 1.29. The van der Waals surface area contributed by atoms with Crippen molar-refractivity contribution in [1.29, 1.82) is 0 Å². The van der Waals surface area contributed by atoms with E-state index in [4.69, 9.17) is 32.5 Å². The normalized spacial score (nSPS) is 30.7. The van der Waals surface area contributed by atoms with Gasteiger partial charge in [-0.05, 0) is 79.3 Å². The first-order chi connectivity index (χ1) is 20.6. The number of amides is 2. The maximum Gasteiger partial charge on any atom is 0.238 e. The van der Waals surface area contributed by atoms with Crippen molar-refractivity contribution in [3.8, 4) is 0 Å². The minimum absolute atomic E-state index is 0.122. The molecule has 1 aromatic carbocycles. The van der Waals surface area contributed by atoms with Crippen molar-refractivity contribution >= 4 is 40.7 Å². The summed E-state index contributed by atoms with van der Waals surface area (Å²) in [6.07, 6.45) is 7.26. The second-order valence-electron chi connectivity index (χ2n) is 13.1. The molecule has 7 rings (SSSR count). The highest BCUT2D eigenvalue weighted by Crippen LogP contribution is 2.63. The summed E-state index contributed by atoms with van der Waals surface area (Å²) in [4.78, 5) is 37.3. The SMILES string of the molecule is CC1(C)CCC2(CC1)N[C@@H](C(=O)N[C@@H]1CC[C@@H](c3ncon3)OC1)[C@H](c1ccnc(Cl)c1)[C@]21C(=O)Nc2cc(Cl)ccc21. The predicted molar refractivity (Wildman–Crippen MR) is 160 cm³/mol. The van der Waals surface area contributed by atoms with Crippen LogP contribution in [0.3, 0.4) is 0 Å². The summed E-state index contributed by atoms with van der Waals surface area (Å²) >= 11 is 12.8. The zero-order chi connectivity index (χ0) is 30.0. The second kappa shape index (κ2) is 10.5. The first-order valence-corrected chi connectivity index (χ1v) is 15.6. The molecule has 3 fully saturated rings. The molecule has 3 aromatic rings. The van der Waals surface area contributed by atoms with E-state index in [1.165, 1.54) is 6.39 Å². The van der Waals surface area contributed by atoms with Crippen molar-refractivity contribution in [2.75, 3.05) is 11.9 Å². The molecule has 0 unspecified atom stereocenters. The van der Waals surface area contributed by atoms with Crippen LogP contribution >= 0.6 is 23.2 Å². The average Bonchev–Trinajstić information content (AvgIpc) is 3.68. The van der Waals surface area contributed by atoms with Crippen molar-refractivity contribution in [3.05, 3.63) is 70.0 Å². The molecule has 1 aliphatic carbocycles. The lowest BCUT2D eigenvalue weighted by Crippen LogP contribution is -2.61. The standard InChI is InChI=1S/C31H34Cl2N6O4/c1-29(2)8-10-30(11-9-29)31(20-5-3-18(32)14-21(20)37-28(31)41)24(17-7-12-34-23(33)13-17)25(38-30)27(40)36-19-4-6-22(42-15-19)26-35-16-43-39-26/h3,5,7,12-14,16,19,22,24-25,38H,4,6,8-11,15H2,1-2H3,(H,36,40)(H,37,41)/t19-,22+,24+,25-,31-/m1/s1. The fourth-order valence-corrected chi connectivity index (χ4v) is 8.33. The Bertz CT molecular complexity index is 1550. The van der Waals surface area contributed by atoms with Crippen molar-refractivity contribution in [2.24, 2.45) is 5.41 Å². The molecular weight excluding hydrogens is 591 g/mol. The summed E-state index contributed by atoms with van der Waals surface area (Å²) in [5, 5.41) is 14.9. The lowest BCUT2D eigenvalue weighted by Gasteiger charge is -2.50. The van der Waals surface area contributed by atoms with Crippen LogP contribution in [0.15, 0.2) is 47.4 Å². The van der Waals surface area contributed by atoms with Gasteiger partial charge in [0, 0.05) is 28.4 Å². The molecule has 2 aromatic heterocycles. The van der Waals surface area contributed by atoms with E-state index in [1.54, 1.807) is 18.3 Å². The molecule has 3 aliphatic heterocycles. The van der Waals surface area contributed by atoms with Crippen LogP contribution in [0.25, 0.3) is 0 Å². The molecule has 226 valence electrons. The van der Waals surface area contributed by atoms with E-state index in [0.29, 0.717) is 41.1 Å². The molecule has 5 atom stereocenters. The van der Waals surface area contributed by atoms with E-state index < -0.39 is 22.9 Å². The van der Waals surface area contributed by atoms with Gasteiger partial charge in [0.15, 0.2) is 5.82 Å². The fraction of sp³-hybridized carbons (Fsp3) is 0.516. The van der Waals surface area contributed by atoms with Crippen LogP contribution in [0.2, 0.25) is 10.2 Å². The molecule has 0 bridgehead atoms. The fourth-order valence-electron chi connectivity index (χ4n) is 7.98. The van der Waals surface area contributed by atoms with Crippen LogP contribution in [0.1, 0.15) is 81.3 Å². The number of hydrogen-bond donors (Lipinski definition) is 3. The molecule has 2 amide bonds. The predicted octanol–water partition coefficient (Wildman–Crippen LogP) is 5.09. The van der Waals surface area contributed by atoms with Gasteiger partial charge in [-0.25, -0.2) is 4.98 Å². The molecule has 5 heterocycles. The molecule has 12 heteroatoms. The van der Waals surface area contributed by atoms with Crippen LogP contribution in [-0.2, 0) is 19.7 Å². The van der Waals surface area contributed by atoms with Gasteiger partial charge in [0.2, 0.25) is 18.2 Å². The number of halogens is 2. The maximum atomic E-state index is 14.6. The number of nitrogens with zero attached hydrogens (tertiary/aromatic N) is 3. The minimum Gasteiger partial charge on any atom is -0.368 e. The number of hydrogen-bond acceptors (Lipinski definition) is 8.